The lowest BCUT2D eigenvalue weighted by Crippen LogP contribution is -2.47. The summed E-state index contributed by atoms with van der Waals surface area (Å²) >= 11 is 0. The minimum Gasteiger partial charge on any atom is -0.378 e. The quantitative estimate of drug-likeness (QED) is 0.549. The Labute approximate surface area is 67.1 Å². The van der Waals surface area contributed by atoms with Crippen LogP contribution in [-0.2, 0) is 9.53 Å². The highest BCUT2D eigenvalue weighted by molar-refractivity contribution is 5.82. The van der Waals surface area contributed by atoms with Crippen LogP contribution in [0.5, 0.6) is 0 Å². The molecule has 0 amide bonds. The van der Waals surface area contributed by atoms with E-state index in [1.165, 1.54) is 6.92 Å². The number of ketones is 1. The second-order valence-electron chi connectivity index (χ2n) is 2.39. The molecule has 0 aromatic carbocycles. The molecule has 0 rings (SSSR count). The van der Waals surface area contributed by atoms with Gasteiger partial charge in [0.05, 0.1) is 12.1 Å². The predicted molar refractivity (Wildman–Crippen MR) is 43.4 cm³/mol. The van der Waals surface area contributed by atoms with E-state index in [2.05, 4.69) is 5.32 Å². The molecule has 2 atom stereocenters. The van der Waals surface area contributed by atoms with Gasteiger partial charge in [-0.3, -0.25) is 4.79 Å². The molecule has 0 bridgehead atoms. The smallest absolute Gasteiger partial charge is 0.149 e. The Hall–Kier alpha value is -0.450. The van der Waals surface area contributed by atoms with E-state index in [0.717, 1.165) is 0 Å². The molecular weight excluding hydrogens is 144 g/mol. The van der Waals surface area contributed by atoms with Crippen LogP contribution in [0, 0.1) is 0 Å². The van der Waals surface area contributed by atoms with Crippen LogP contribution in [0.3, 0.4) is 0 Å². The molecule has 0 aliphatic carbocycles. The van der Waals surface area contributed by atoms with Gasteiger partial charge in [0.15, 0.2) is 0 Å². The van der Waals surface area contributed by atoms with E-state index >= 15 is 0 Å². The fraction of sp³-hybridized carbons (Fsp3) is 0.857. The SMILES string of the molecule is CNC(C(C)=O)C(CN)OC. The van der Waals surface area contributed by atoms with E-state index in [1.54, 1.807) is 14.2 Å². The van der Waals surface area contributed by atoms with E-state index in [9.17, 15) is 4.79 Å². The summed E-state index contributed by atoms with van der Waals surface area (Å²) in [6.07, 6.45) is -0.225. The first kappa shape index (κ1) is 10.6. The Morgan fingerprint density at radius 1 is 1.73 bits per heavy atom. The van der Waals surface area contributed by atoms with Gasteiger partial charge in [-0.2, -0.15) is 0 Å². The van der Waals surface area contributed by atoms with Crippen molar-refractivity contribution in [1.82, 2.24) is 5.32 Å². The number of Topliss-reactive ketones (excluding diaryl/α,β-unsaturated/α-hetero) is 1. The Morgan fingerprint density at radius 3 is 2.36 bits per heavy atom. The summed E-state index contributed by atoms with van der Waals surface area (Å²) in [5, 5.41) is 2.85. The fourth-order valence-corrected chi connectivity index (χ4v) is 1.02. The van der Waals surface area contributed by atoms with Crippen LogP contribution in [0.25, 0.3) is 0 Å². The molecule has 0 spiro atoms. The molecule has 0 saturated carbocycles. The molecule has 4 nitrogen and oxygen atoms in total. The van der Waals surface area contributed by atoms with Gasteiger partial charge in [-0.25, -0.2) is 0 Å². The number of nitrogens with two attached hydrogens (primary N) is 1. The molecule has 0 heterocycles. The number of ether oxygens (including phenoxy) is 1. The average molecular weight is 160 g/mol. The van der Waals surface area contributed by atoms with E-state index in [1.807, 2.05) is 0 Å². The zero-order valence-corrected chi connectivity index (χ0v) is 7.26. The van der Waals surface area contributed by atoms with Gasteiger partial charge in [0.25, 0.3) is 0 Å². The van der Waals surface area contributed by atoms with Gasteiger partial charge in [0.1, 0.15) is 5.78 Å². The molecule has 3 N–H and O–H groups in total. The van der Waals surface area contributed by atoms with Crippen LogP contribution in [0.4, 0.5) is 0 Å². The maximum atomic E-state index is 10.9. The highest BCUT2D eigenvalue weighted by Gasteiger charge is 2.21. The summed E-state index contributed by atoms with van der Waals surface area (Å²) in [5.41, 5.74) is 5.38. The molecule has 2 unspecified atom stereocenters. The van der Waals surface area contributed by atoms with Crippen molar-refractivity contribution in [1.29, 1.82) is 0 Å². The molecular formula is C7H16N2O2. The molecule has 0 aliphatic rings. The van der Waals surface area contributed by atoms with Gasteiger partial charge < -0.3 is 15.8 Å². The third-order valence-electron chi connectivity index (χ3n) is 1.66. The van der Waals surface area contributed by atoms with E-state index < -0.39 is 0 Å². The lowest BCUT2D eigenvalue weighted by molar-refractivity contribution is -0.121. The number of carbonyl (C=O) groups is 1. The lowest BCUT2D eigenvalue weighted by atomic mass is 10.1. The number of carbonyl (C=O) groups excluding carboxylic acids is 1. The van der Waals surface area contributed by atoms with Crippen molar-refractivity contribution >= 4 is 5.78 Å². The van der Waals surface area contributed by atoms with E-state index in [-0.39, 0.29) is 17.9 Å². The van der Waals surface area contributed by atoms with Crippen molar-refractivity contribution in [2.24, 2.45) is 5.73 Å². The molecule has 0 fully saturated rings. The van der Waals surface area contributed by atoms with Crippen LogP contribution in [-0.4, -0.2) is 38.6 Å². The van der Waals surface area contributed by atoms with E-state index in [4.69, 9.17) is 10.5 Å². The maximum absolute atomic E-state index is 10.9. The van der Waals surface area contributed by atoms with Crippen molar-refractivity contribution in [3.63, 3.8) is 0 Å². The number of rotatable bonds is 5. The third kappa shape index (κ3) is 2.96. The van der Waals surface area contributed by atoms with Crippen molar-refractivity contribution in [2.45, 2.75) is 19.1 Å². The van der Waals surface area contributed by atoms with Crippen molar-refractivity contribution in [3.8, 4) is 0 Å². The van der Waals surface area contributed by atoms with Crippen LogP contribution < -0.4 is 11.1 Å². The van der Waals surface area contributed by atoms with Crippen molar-refractivity contribution in [2.75, 3.05) is 20.7 Å². The summed E-state index contributed by atoms with van der Waals surface area (Å²) in [6.45, 7) is 1.87. The topological polar surface area (TPSA) is 64.4 Å². The molecule has 0 aromatic rings. The summed E-state index contributed by atoms with van der Waals surface area (Å²) in [5.74, 6) is 0.0461. The van der Waals surface area contributed by atoms with Crippen LogP contribution >= 0.6 is 0 Å². The van der Waals surface area contributed by atoms with Crippen LogP contribution in [0.1, 0.15) is 6.92 Å². The standard InChI is InChI=1S/C7H16N2O2/c1-5(10)7(9-2)6(4-8)11-3/h6-7,9H,4,8H2,1-3H3. The van der Waals surface area contributed by atoms with Gasteiger partial charge in [-0.05, 0) is 14.0 Å². The van der Waals surface area contributed by atoms with Gasteiger partial charge in [0, 0.05) is 13.7 Å². The number of hydrogen-bond donors (Lipinski definition) is 2. The highest BCUT2D eigenvalue weighted by Crippen LogP contribution is 1.96. The van der Waals surface area contributed by atoms with Crippen molar-refractivity contribution in [3.05, 3.63) is 0 Å². The van der Waals surface area contributed by atoms with Gasteiger partial charge in [0.2, 0.25) is 0 Å². The normalized spacial score (nSPS) is 16.0. The maximum Gasteiger partial charge on any atom is 0.149 e. The second kappa shape index (κ2) is 5.23. The first-order valence-electron chi connectivity index (χ1n) is 3.58. The Kier molecular flexibility index (Phi) is 5.02. The van der Waals surface area contributed by atoms with E-state index in [0.29, 0.717) is 6.54 Å². The Balaban J connectivity index is 4.09. The number of methoxy groups -OCH3 is 1. The van der Waals surface area contributed by atoms with Gasteiger partial charge in [-0.15, -0.1) is 0 Å². The number of nitrogens with one attached hydrogen (secondary N) is 1. The summed E-state index contributed by atoms with van der Waals surface area (Å²) < 4.78 is 5.01. The summed E-state index contributed by atoms with van der Waals surface area (Å²) in [4.78, 5) is 10.9. The number of likely N-dealkylation sites (N-methyl/N-ethyl adjacent to an activating group) is 1. The fourth-order valence-electron chi connectivity index (χ4n) is 1.02. The average Bonchev–Trinajstić information content (AvgIpc) is 1.99. The largest absolute Gasteiger partial charge is 0.378 e. The third-order valence-corrected chi connectivity index (χ3v) is 1.66. The molecule has 0 saturated heterocycles. The minimum atomic E-state index is -0.287. The second-order valence-corrected chi connectivity index (χ2v) is 2.39. The predicted octanol–water partition coefficient (Wildman–Crippen LogP) is -0.863. The first-order chi connectivity index (χ1) is 5.17. The number of hydrogen-bond acceptors (Lipinski definition) is 4. The summed E-state index contributed by atoms with van der Waals surface area (Å²) in [6, 6.07) is -0.287. The van der Waals surface area contributed by atoms with Crippen LogP contribution in [0.15, 0.2) is 0 Å². The highest BCUT2D eigenvalue weighted by atomic mass is 16.5. The minimum absolute atomic E-state index is 0.0461. The lowest BCUT2D eigenvalue weighted by Gasteiger charge is -2.21. The van der Waals surface area contributed by atoms with Gasteiger partial charge >= 0.3 is 0 Å². The molecule has 4 heteroatoms. The zero-order valence-electron chi connectivity index (χ0n) is 7.26. The Morgan fingerprint density at radius 2 is 2.27 bits per heavy atom. The van der Waals surface area contributed by atoms with Crippen molar-refractivity contribution < 1.29 is 9.53 Å². The molecule has 0 aromatic heterocycles. The molecule has 66 valence electrons. The molecule has 0 aliphatic heterocycles. The van der Waals surface area contributed by atoms with Crippen LogP contribution in [0.2, 0.25) is 0 Å². The Bertz CT molecular complexity index is 124. The first-order valence-corrected chi connectivity index (χ1v) is 3.58. The zero-order chi connectivity index (χ0) is 8.85. The molecule has 11 heavy (non-hydrogen) atoms. The molecule has 0 radical (unpaired) electrons. The summed E-state index contributed by atoms with van der Waals surface area (Å²) in [7, 11) is 3.26. The van der Waals surface area contributed by atoms with Gasteiger partial charge in [-0.1, -0.05) is 0 Å². The monoisotopic (exact) mass is 160 g/mol.